The van der Waals surface area contributed by atoms with Gasteiger partial charge in [0.15, 0.2) is 6.10 Å². The van der Waals surface area contributed by atoms with Gasteiger partial charge in [0, 0.05) is 42.6 Å². The van der Waals surface area contributed by atoms with Crippen LogP contribution in [0.1, 0.15) is 22.8 Å². The molecular weight excluding hydrogens is 390 g/mol. The largest absolute Gasteiger partial charge is 0.480 e. The molecular formula is C25H25N3O3. The van der Waals surface area contributed by atoms with E-state index in [4.69, 9.17) is 4.74 Å². The average molecular weight is 415 g/mol. The van der Waals surface area contributed by atoms with Crippen LogP contribution in [0, 0.1) is 0 Å². The number of fused-ring (bicyclic) bond motifs is 1. The predicted octanol–water partition coefficient (Wildman–Crippen LogP) is 4.34. The van der Waals surface area contributed by atoms with Gasteiger partial charge in [-0.25, -0.2) is 0 Å². The number of nitrogens with one attached hydrogen (secondary N) is 2. The number of carbonyl (C=O) groups excluding carboxylic acids is 2. The molecule has 0 saturated carbocycles. The number of anilines is 3. The van der Waals surface area contributed by atoms with Crippen molar-refractivity contribution in [1.29, 1.82) is 0 Å². The molecule has 0 saturated heterocycles. The summed E-state index contributed by atoms with van der Waals surface area (Å²) in [6.07, 6.45) is -0.0433. The molecule has 0 aliphatic carbocycles. The molecule has 0 aromatic heterocycles. The number of benzene rings is 3. The van der Waals surface area contributed by atoms with E-state index in [1.54, 1.807) is 24.3 Å². The van der Waals surface area contributed by atoms with Crippen LogP contribution in [-0.4, -0.2) is 31.5 Å². The molecule has 2 N–H and O–H groups in total. The fourth-order valence-corrected chi connectivity index (χ4v) is 3.50. The number of hydrogen-bond donors (Lipinski definition) is 2. The molecule has 1 atom stereocenters. The van der Waals surface area contributed by atoms with Gasteiger partial charge in [-0.2, -0.15) is 0 Å². The highest BCUT2D eigenvalue weighted by atomic mass is 16.5. The number of amides is 2. The van der Waals surface area contributed by atoms with E-state index in [0.717, 1.165) is 23.5 Å². The molecule has 0 radical (unpaired) electrons. The molecule has 4 rings (SSSR count). The molecule has 1 heterocycles. The molecule has 1 aliphatic heterocycles. The second-order valence-electron chi connectivity index (χ2n) is 7.51. The molecule has 1 unspecified atom stereocenters. The minimum absolute atomic E-state index is 0.232. The lowest BCUT2D eigenvalue weighted by atomic mass is 10.1. The van der Waals surface area contributed by atoms with Crippen LogP contribution in [-0.2, 0) is 11.2 Å². The Bertz CT molecular complexity index is 1090. The Kier molecular flexibility index (Phi) is 5.89. The molecule has 0 bridgehead atoms. The first kappa shape index (κ1) is 20.5. The first-order chi connectivity index (χ1) is 15.0. The van der Waals surface area contributed by atoms with Crippen LogP contribution in [0.5, 0.6) is 5.75 Å². The summed E-state index contributed by atoms with van der Waals surface area (Å²) in [7, 11) is 2.00. The van der Waals surface area contributed by atoms with Crippen LogP contribution in [0.15, 0.2) is 72.8 Å². The van der Waals surface area contributed by atoms with E-state index < -0.39 is 6.10 Å². The molecule has 6 heteroatoms. The number of ether oxygens (including phenoxy) is 1. The fourth-order valence-electron chi connectivity index (χ4n) is 3.50. The first-order valence-electron chi connectivity index (χ1n) is 10.3. The van der Waals surface area contributed by atoms with Crippen molar-refractivity contribution in [3.05, 3.63) is 83.9 Å². The molecule has 3 aromatic carbocycles. The summed E-state index contributed by atoms with van der Waals surface area (Å²) in [5, 5.41) is 5.78. The lowest BCUT2D eigenvalue weighted by molar-refractivity contribution is -0.122. The van der Waals surface area contributed by atoms with Crippen molar-refractivity contribution in [3.8, 4) is 5.75 Å². The van der Waals surface area contributed by atoms with E-state index in [0.29, 0.717) is 23.4 Å². The summed E-state index contributed by atoms with van der Waals surface area (Å²) in [6, 6.07) is 22.2. The average Bonchev–Trinajstić information content (AvgIpc) is 3.23. The van der Waals surface area contributed by atoms with Crippen molar-refractivity contribution in [2.24, 2.45) is 0 Å². The van der Waals surface area contributed by atoms with Crippen molar-refractivity contribution < 1.29 is 14.3 Å². The maximum atomic E-state index is 12.7. The molecule has 1 aliphatic rings. The highest BCUT2D eigenvalue weighted by Gasteiger charge is 2.28. The van der Waals surface area contributed by atoms with Gasteiger partial charge >= 0.3 is 0 Å². The maximum Gasteiger partial charge on any atom is 0.265 e. The Morgan fingerprint density at radius 1 is 0.968 bits per heavy atom. The Morgan fingerprint density at radius 3 is 2.48 bits per heavy atom. The van der Waals surface area contributed by atoms with Crippen LogP contribution in [0.25, 0.3) is 0 Å². The summed E-state index contributed by atoms with van der Waals surface area (Å²) in [5.41, 5.74) is 3.78. The zero-order valence-electron chi connectivity index (χ0n) is 17.6. The van der Waals surface area contributed by atoms with E-state index >= 15 is 0 Å². The number of para-hydroxylation sites is 1. The molecule has 0 fully saturated rings. The van der Waals surface area contributed by atoms with E-state index in [1.165, 1.54) is 0 Å². The van der Waals surface area contributed by atoms with Crippen LogP contribution >= 0.6 is 0 Å². The SMILES string of the molecule is CCN(C)c1cccc(NC(=O)c2cccc(NC(=O)C3Cc4ccccc4O3)c2)c1. The quantitative estimate of drug-likeness (QED) is 0.628. The van der Waals surface area contributed by atoms with Gasteiger partial charge < -0.3 is 20.3 Å². The molecule has 6 nitrogen and oxygen atoms in total. The summed E-state index contributed by atoms with van der Waals surface area (Å²) in [4.78, 5) is 27.5. The molecule has 2 amide bonds. The van der Waals surface area contributed by atoms with Crippen LogP contribution in [0.2, 0.25) is 0 Å². The zero-order valence-corrected chi connectivity index (χ0v) is 17.6. The van der Waals surface area contributed by atoms with Gasteiger partial charge in [-0.05, 0) is 55.0 Å². The maximum absolute atomic E-state index is 12.7. The zero-order chi connectivity index (χ0) is 21.8. The van der Waals surface area contributed by atoms with Gasteiger partial charge in [-0.3, -0.25) is 9.59 Å². The second kappa shape index (κ2) is 8.92. The Labute approximate surface area is 181 Å². The monoisotopic (exact) mass is 415 g/mol. The standard InChI is InChI=1S/C25H25N3O3/c1-3-28(2)21-12-7-11-20(16-21)26-24(29)18-9-6-10-19(14-18)27-25(30)23-15-17-8-4-5-13-22(17)31-23/h4-14,16,23H,3,15H2,1-2H3,(H,26,29)(H,27,30). The summed E-state index contributed by atoms with van der Waals surface area (Å²) >= 11 is 0. The van der Waals surface area contributed by atoms with E-state index in [1.807, 2.05) is 55.6 Å². The Hall–Kier alpha value is -3.80. The van der Waals surface area contributed by atoms with Gasteiger partial charge in [-0.15, -0.1) is 0 Å². The normalized spacial score (nSPS) is 14.3. The van der Waals surface area contributed by atoms with Crippen molar-refractivity contribution in [2.75, 3.05) is 29.1 Å². The van der Waals surface area contributed by atoms with Gasteiger partial charge in [-0.1, -0.05) is 30.3 Å². The van der Waals surface area contributed by atoms with E-state index in [9.17, 15) is 9.59 Å². The Balaban J connectivity index is 1.41. The lowest BCUT2D eigenvalue weighted by Gasteiger charge is -2.17. The first-order valence-corrected chi connectivity index (χ1v) is 10.3. The van der Waals surface area contributed by atoms with Crippen molar-refractivity contribution in [3.63, 3.8) is 0 Å². The van der Waals surface area contributed by atoms with Crippen LogP contribution in [0.4, 0.5) is 17.1 Å². The van der Waals surface area contributed by atoms with Gasteiger partial charge in [0.1, 0.15) is 5.75 Å². The minimum atomic E-state index is -0.576. The highest BCUT2D eigenvalue weighted by Crippen LogP contribution is 2.28. The number of carbonyl (C=O) groups is 2. The molecule has 158 valence electrons. The molecule has 3 aromatic rings. The number of nitrogens with zero attached hydrogens (tertiary/aromatic N) is 1. The number of rotatable bonds is 6. The summed E-state index contributed by atoms with van der Waals surface area (Å²) in [6.45, 7) is 2.94. The van der Waals surface area contributed by atoms with Crippen LogP contribution in [0.3, 0.4) is 0 Å². The lowest BCUT2D eigenvalue weighted by Crippen LogP contribution is -2.31. The van der Waals surface area contributed by atoms with Gasteiger partial charge in [0.25, 0.3) is 11.8 Å². The summed E-state index contributed by atoms with van der Waals surface area (Å²) < 4.78 is 5.74. The van der Waals surface area contributed by atoms with Crippen molar-refractivity contribution >= 4 is 28.9 Å². The number of hydrogen-bond acceptors (Lipinski definition) is 4. The fraction of sp³-hybridized carbons (Fsp3) is 0.200. The third-order valence-corrected chi connectivity index (χ3v) is 5.35. The smallest absolute Gasteiger partial charge is 0.265 e. The van der Waals surface area contributed by atoms with Crippen molar-refractivity contribution in [1.82, 2.24) is 0 Å². The summed E-state index contributed by atoms with van der Waals surface area (Å²) in [5.74, 6) is 0.271. The third-order valence-electron chi connectivity index (χ3n) is 5.35. The highest BCUT2D eigenvalue weighted by molar-refractivity contribution is 6.05. The molecule has 31 heavy (non-hydrogen) atoms. The van der Waals surface area contributed by atoms with Crippen LogP contribution < -0.4 is 20.3 Å². The van der Waals surface area contributed by atoms with Gasteiger partial charge in [0.05, 0.1) is 0 Å². The third kappa shape index (κ3) is 4.69. The Morgan fingerprint density at radius 2 is 1.71 bits per heavy atom. The molecule has 0 spiro atoms. The second-order valence-corrected chi connectivity index (χ2v) is 7.51. The predicted molar refractivity (Wildman–Crippen MR) is 123 cm³/mol. The van der Waals surface area contributed by atoms with E-state index in [2.05, 4.69) is 22.5 Å². The minimum Gasteiger partial charge on any atom is -0.480 e. The van der Waals surface area contributed by atoms with E-state index in [-0.39, 0.29) is 11.8 Å². The van der Waals surface area contributed by atoms with Gasteiger partial charge in [0.2, 0.25) is 0 Å². The van der Waals surface area contributed by atoms with Crippen molar-refractivity contribution in [2.45, 2.75) is 19.4 Å². The topological polar surface area (TPSA) is 70.7 Å².